The average Bonchev–Trinajstić information content (AvgIpc) is 4.03. The number of esters is 1. The smallest absolute Gasteiger partial charge is 0.331 e. The fourth-order valence-electron chi connectivity index (χ4n) is 7.39. The van der Waals surface area contributed by atoms with Gasteiger partial charge in [0.2, 0.25) is 0 Å². The van der Waals surface area contributed by atoms with E-state index in [4.69, 9.17) is 13.9 Å². The maximum absolute atomic E-state index is 12.9. The molecule has 4 fully saturated rings. The summed E-state index contributed by atoms with van der Waals surface area (Å²) in [5.74, 6) is 0.0938. The van der Waals surface area contributed by atoms with Crippen LogP contribution in [-0.4, -0.2) is 38.9 Å². The molecule has 1 atom stereocenters. The van der Waals surface area contributed by atoms with Crippen LogP contribution in [0.15, 0.2) is 94.8 Å². The van der Waals surface area contributed by atoms with E-state index in [1.54, 1.807) is 24.3 Å². The van der Waals surface area contributed by atoms with Crippen molar-refractivity contribution in [3.05, 3.63) is 102 Å². The van der Waals surface area contributed by atoms with E-state index in [0.29, 0.717) is 17.4 Å². The molecule has 7 rings (SSSR count). The van der Waals surface area contributed by atoms with E-state index < -0.39 is 16.2 Å². The van der Waals surface area contributed by atoms with Gasteiger partial charge < -0.3 is 4.74 Å². The largest absolute Gasteiger partial charge is 0.464 e. The molecule has 0 heterocycles. The Morgan fingerprint density at radius 1 is 0.745 bits per heavy atom. The summed E-state index contributed by atoms with van der Waals surface area (Å²) in [6, 6.07) is 26.8. The van der Waals surface area contributed by atoms with Gasteiger partial charge in [-0.15, -0.1) is 0 Å². The SMILES string of the molecule is CCOC(=O)C(N=C(c1ccccc1)c1ccccc1)C1CCC2(CC1)CC2.Cc1ccc(S(=O)(=O)OC2CCC3(CC2)CC3)cc1. The van der Waals surface area contributed by atoms with Crippen molar-refractivity contribution >= 4 is 21.8 Å². The van der Waals surface area contributed by atoms with Gasteiger partial charge in [0.05, 0.1) is 23.3 Å². The van der Waals surface area contributed by atoms with Crippen molar-refractivity contribution in [2.75, 3.05) is 6.61 Å². The summed E-state index contributed by atoms with van der Waals surface area (Å²) in [4.78, 5) is 18.2. The molecule has 3 aromatic rings. The number of ether oxygens (including phenoxy) is 1. The van der Waals surface area contributed by atoms with Gasteiger partial charge in [-0.25, -0.2) is 4.79 Å². The zero-order valence-corrected chi connectivity index (χ0v) is 28.7. The minimum absolute atomic E-state index is 0.127. The summed E-state index contributed by atoms with van der Waals surface area (Å²) < 4.78 is 35.2. The van der Waals surface area contributed by atoms with Gasteiger partial charge in [-0.3, -0.25) is 9.18 Å². The van der Waals surface area contributed by atoms with Gasteiger partial charge in [-0.05, 0) is 120 Å². The van der Waals surface area contributed by atoms with Crippen LogP contribution in [0.4, 0.5) is 0 Å². The summed E-state index contributed by atoms with van der Waals surface area (Å²) in [7, 11) is -3.59. The number of hydrogen-bond acceptors (Lipinski definition) is 6. The lowest BCUT2D eigenvalue weighted by Crippen LogP contribution is -2.34. The number of aliphatic imine (C=N–C) groups is 1. The number of carbonyl (C=O) groups is 1. The van der Waals surface area contributed by atoms with Gasteiger partial charge in [0, 0.05) is 11.1 Å². The zero-order valence-electron chi connectivity index (χ0n) is 27.9. The Balaban J connectivity index is 0.000000177. The minimum Gasteiger partial charge on any atom is -0.464 e. The van der Waals surface area contributed by atoms with Crippen molar-refractivity contribution in [1.29, 1.82) is 0 Å². The molecular formula is C40H49NO5S. The van der Waals surface area contributed by atoms with Crippen LogP contribution < -0.4 is 0 Å². The number of nitrogens with zero attached hydrogens (tertiary/aromatic N) is 1. The monoisotopic (exact) mass is 655 g/mol. The molecule has 47 heavy (non-hydrogen) atoms. The Kier molecular flexibility index (Phi) is 10.3. The molecule has 0 radical (unpaired) electrons. The Hall–Kier alpha value is -3.29. The van der Waals surface area contributed by atoms with Crippen molar-refractivity contribution in [3.8, 4) is 0 Å². The quantitative estimate of drug-likeness (QED) is 0.131. The number of rotatable bonds is 9. The van der Waals surface area contributed by atoms with E-state index >= 15 is 0 Å². The average molecular weight is 656 g/mol. The molecular weight excluding hydrogens is 607 g/mol. The second kappa shape index (κ2) is 14.4. The molecule has 0 aromatic heterocycles. The molecule has 4 saturated carbocycles. The third kappa shape index (κ3) is 8.60. The lowest BCUT2D eigenvalue weighted by atomic mass is 9.76. The highest BCUT2D eigenvalue weighted by molar-refractivity contribution is 7.86. The molecule has 0 amide bonds. The molecule has 2 spiro atoms. The minimum atomic E-state index is -3.59. The van der Waals surface area contributed by atoms with Crippen LogP contribution >= 0.6 is 0 Å². The van der Waals surface area contributed by atoms with E-state index in [1.165, 1.54) is 38.5 Å². The second-order valence-corrected chi connectivity index (χ2v) is 15.9. The maximum atomic E-state index is 12.9. The van der Waals surface area contributed by atoms with Crippen LogP contribution in [-0.2, 0) is 23.8 Å². The first-order valence-electron chi connectivity index (χ1n) is 17.6. The van der Waals surface area contributed by atoms with E-state index in [-0.39, 0.29) is 22.9 Å². The van der Waals surface area contributed by atoms with Gasteiger partial charge in [0.25, 0.3) is 10.1 Å². The molecule has 4 aliphatic carbocycles. The number of hydrogen-bond donors (Lipinski definition) is 0. The van der Waals surface area contributed by atoms with Crippen LogP contribution in [0.1, 0.15) is 101 Å². The van der Waals surface area contributed by atoms with Crippen molar-refractivity contribution in [3.63, 3.8) is 0 Å². The first-order valence-corrected chi connectivity index (χ1v) is 19.0. The molecule has 0 aliphatic heterocycles. The molecule has 0 N–H and O–H groups in total. The van der Waals surface area contributed by atoms with Gasteiger partial charge >= 0.3 is 5.97 Å². The Morgan fingerprint density at radius 3 is 1.70 bits per heavy atom. The number of carbonyl (C=O) groups excluding carboxylic acids is 1. The summed E-state index contributed by atoms with van der Waals surface area (Å²) >= 11 is 0. The first kappa shape index (κ1) is 33.6. The highest BCUT2D eigenvalue weighted by Gasteiger charge is 2.47. The molecule has 6 nitrogen and oxygen atoms in total. The van der Waals surface area contributed by atoms with Crippen LogP contribution in [0.25, 0.3) is 0 Å². The highest BCUT2D eigenvalue weighted by Crippen LogP contribution is 2.58. The predicted octanol–water partition coefficient (Wildman–Crippen LogP) is 8.85. The van der Waals surface area contributed by atoms with Gasteiger partial charge in [0.15, 0.2) is 6.04 Å². The number of aryl methyl sites for hydroxylation is 1. The van der Waals surface area contributed by atoms with Crippen molar-refractivity contribution in [2.45, 2.75) is 108 Å². The molecule has 3 aromatic carbocycles. The molecule has 4 aliphatic rings. The first-order chi connectivity index (χ1) is 22.7. The predicted molar refractivity (Wildman–Crippen MR) is 186 cm³/mol. The Morgan fingerprint density at radius 2 is 1.23 bits per heavy atom. The van der Waals surface area contributed by atoms with E-state index in [9.17, 15) is 13.2 Å². The highest BCUT2D eigenvalue weighted by atomic mass is 32.2. The molecule has 7 heteroatoms. The molecule has 0 saturated heterocycles. The van der Waals surface area contributed by atoms with E-state index in [1.807, 2.05) is 50.2 Å². The van der Waals surface area contributed by atoms with Crippen LogP contribution in [0.2, 0.25) is 0 Å². The summed E-state index contributed by atoms with van der Waals surface area (Å²) in [6.07, 6.45) is 13.9. The van der Waals surface area contributed by atoms with Crippen molar-refractivity contribution in [1.82, 2.24) is 0 Å². The normalized spacial score (nSPS) is 21.6. The Bertz CT molecular complexity index is 1570. The lowest BCUT2D eigenvalue weighted by molar-refractivity contribution is -0.146. The summed E-state index contributed by atoms with van der Waals surface area (Å²) in [6.45, 7) is 4.20. The fraction of sp³-hybridized carbons (Fsp3) is 0.500. The summed E-state index contributed by atoms with van der Waals surface area (Å²) in [5.41, 5.74) is 5.17. The van der Waals surface area contributed by atoms with Crippen LogP contribution in [0.5, 0.6) is 0 Å². The third-order valence-corrected chi connectivity index (χ3v) is 12.3. The van der Waals surface area contributed by atoms with Gasteiger partial charge in [-0.1, -0.05) is 78.4 Å². The number of benzene rings is 3. The Labute approximate surface area is 281 Å². The topological polar surface area (TPSA) is 82.0 Å². The van der Waals surface area contributed by atoms with E-state index in [2.05, 4.69) is 24.3 Å². The van der Waals surface area contributed by atoms with Gasteiger partial charge in [-0.2, -0.15) is 8.42 Å². The third-order valence-electron chi connectivity index (χ3n) is 10.9. The fourth-order valence-corrected chi connectivity index (χ4v) is 8.52. The van der Waals surface area contributed by atoms with Gasteiger partial charge in [0.1, 0.15) is 0 Å². The zero-order chi connectivity index (χ0) is 32.9. The lowest BCUT2D eigenvalue weighted by Gasteiger charge is -2.31. The van der Waals surface area contributed by atoms with E-state index in [0.717, 1.165) is 60.9 Å². The standard InChI is InChI=1S/C25H29NO2.C15H20O3S/c1-2-28-24(27)23(21-13-15-25(16-14-21)17-18-25)26-22(19-9-5-3-6-10-19)20-11-7-4-8-12-20;1-12-2-4-14(5-3-12)19(16,17)18-13-6-8-15(9-7-13)10-11-15/h3-12,21,23H,2,13-18H2,1H3;2-5,13H,6-11H2,1H3. The van der Waals surface area contributed by atoms with Crippen LogP contribution in [0.3, 0.4) is 0 Å². The summed E-state index contributed by atoms with van der Waals surface area (Å²) in [5, 5.41) is 0. The molecule has 250 valence electrons. The maximum Gasteiger partial charge on any atom is 0.331 e. The van der Waals surface area contributed by atoms with Crippen molar-refractivity contribution in [2.24, 2.45) is 21.7 Å². The second-order valence-electron chi connectivity index (χ2n) is 14.3. The van der Waals surface area contributed by atoms with Crippen molar-refractivity contribution < 1.29 is 22.1 Å². The molecule has 1 unspecified atom stereocenters. The van der Waals surface area contributed by atoms with Crippen LogP contribution in [0, 0.1) is 23.7 Å². The molecule has 0 bridgehead atoms.